The van der Waals surface area contributed by atoms with E-state index >= 15 is 0 Å². The third-order valence-corrected chi connectivity index (χ3v) is 5.98. The van der Waals surface area contributed by atoms with Crippen LogP contribution in [0.25, 0.3) is 0 Å². The zero-order valence-electron chi connectivity index (χ0n) is 15.8. The molecule has 2 aliphatic rings. The largest absolute Gasteiger partial charge is 0.326 e. The fraction of sp³-hybridized carbons (Fsp3) is 0.435. The van der Waals surface area contributed by atoms with Gasteiger partial charge in [-0.25, -0.2) is 4.39 Å². The van der Waals surface area contributed by atoms with Crippen LogP contribution in [0.3, 0.4) is 0 Å². The molecule has 2 aromatic rings. The van der Waals surface area contributed by atoms with Gasteiger partial charge in [0.15, 0.2) is 0 Å². The van der Waals surface area contributed by atoms with Crippen molar-refractivity contribution in [2.45, 2.75) is 51.1 Å². The van der Waals surface area contributed by atoms with Crippen LogP contribution in [0.5, 0.6) is 0 Å². The Kier molecular flexibility index (Phi) is 5.26. The summed E-state index contributed by atoms with van der Waals surface area (Å²) in [5.41, 5.74) is 2.75. The Morgan fingerprint density at radius 2 is 1.93 bits per heavy atom. The zero-order valence-corrected chi connectivity index (χ0v) is 15.8. The summed E-state index contributed by atoms with van der Waals surface area (Å²) in [6.07, 6.45) is 4.61. The van der Waals surface area contributed by atoms with Crippen LogP contribution in [0.4, 0.5) is 10.1 Å². The Bertz CT molecular complexity index is 804. The summed E-state index contributed by atoms with van der Waals surface area (Å²) in [6.45, 7) is 4.43. The number of carbonyl (C=O) groups is 1. The molecule has 1 N–H and O–H groups in total. The van der Waals surface area contributed by atoms with E-state index in [1.165, 1.54) is 37.4 Å². The molecule has 27 heavy (non-hydrogen) atoms. The summed E-state index contributed by atoms with van der Waals surface area (Å²) in [5.74, 6) is -0.350. The molecule has 0 spiro atoms. The Balaban J connectivity index is 1.32. The predicted molar refractivity (Wildman–Crippen MR) is 106 cm³/mol. The fourth-order valence-electron chi connectivity index (χ4n) is 4.16. The monoisotopic (exact) mass is 366 g/mol. The third kappa shape index (κ3) is 4.22. The van der Waals surface area contributed by atoms with Crippen molar-refractivity contribution >= 4 is 11.6 Å². The molecule has 0 aromatic heterocycles. The maximum Gasteiger partial charge on any atom is 0.228 e. The summed E-state index contributed by atoms with van der Waals surface area (Å²) in [7, 11) is 0. The smallest absolute Gasteiger partial charge is 0.228 e. The van der Waals surface area contributed by atoms with Crippen LogP contribution in [0.1, 0.15) is 49.7 Å². The number of piperidine rings is 1. The van der Waals surface area contributed by atoms with E-state index in [1.807, 2.05) is 18.2 Å². The van der Waals surface area contributed by atoms with Crippen LogP contribution in [-0.4, -0.2) is 23.4 Å². The van der Waals surface area contributed by atoms with Crippen molar-refractivity contribution in [3.8, 4) is 0 Å². The molecule has 2 aromatic carbocycles. The zero-order chi connectivity index (χ0) is 18.8. The minimum atomic E-state index is -0.214. The minimum absolute atomic E-state index is 0.00561. The summed E-state index contributed by atoms with van der Waals surface area (Å²) in [6, 6.07) is 15.5. The second-order valence-electron chi connectivity index (χ2n) is 7.97. The molecule has 4 heteroatoms. The highest BCUT2D eigenvalue weighted by Gasteiger charge is 2.45. The lowest BCUT2D eigenvalue weighted by molar-refractivity contribution is -0.117. The first kappa shape index (κ1) is 18.2. The molecule has 1 heterocycles. The Morgan fingerprint density at radius 3 is 2.67 bits per heavy atom. The van der Waals surface area contributed by atoms with Crippen molar-refractivity contribution in [1.82, 2.24) is 4.90 Å². The van der Waals surface area contributed by atoms with Gasteiger partial charge >= 0.3 is 0 Å². The Labute approximate surface area is 160 Å². The van der Waals surface area contributed by atoms with Gasteiger partial charge in [-0.3, -0.25) is 9.69 Å². The van der Waals surface area contributed by atoms with Gasteiger partial charge in [0.2, 0.25) is 5.91 Å². The van der Waals surface area contributed by atoms with Gasteiger partial charge in [-0.05, 0) is 68.0 Å². The van der Waals surface area contributed by atoms with E-state index in [4.69, 9.17) is 0 Å². The van der Waals surface area contributed by atoms with Gasteiger partial charge in [0.25, 0.3) is 0 Å². The van der Waals surface area contributed by atoms with Crippen molar-refractivity contribution < 1.29 is 9.18 Å². The predicted octanol–water partition coefficient (Wildman–Crippen LogP) is 4.94. The molecule has 3 unspecified atom stereocenters. The van der Waals surface area contributed by atoms with Crippen molar-refractivity contribution in [2.75, 3.05) is 11.9 Å². The molecule has 0 radical (unpaired) electrons. The summed E-state index contributed by atoms with van der Waals surface area (Å²) in [4.78, 5) is 15.0. The molecule has 1 saturated carbocycles. The van der Waals surface area contributed by atoms with E-state index in [9.17, 15) is 9.18 Å². The SMILES string of the molecule is CC1CCCCN1Cc1ccc(NC(=O)C2CC2c2ccccc2F)cc1. The maximum atomic E-state index is 13.9. The Hall–Kier alpha value is -2.20. The standard InChI is InChI=1S/C23H27FN2O/c1-16-6-4-5-13-26(16)15-17-9-11-18(12-10-17)25-23(27)21-14-20(21)19-7-2-3-8-22(19)24/h2-3,7-12,16,20-21H,4-6,13-15H2,1H3,(H,25,27). The van der Waals surface area contributed by atoms with Crippen LogP contribution in [-0.2, 0) is 11.3 Å². The normalized spacial score (nSPS) is 25.2. The minimum Gasteiger partial charge on any atom is -0.326 e. The average molecular weight is 366 g/mol. The van der Waals surface area contributed by atoms with Crippen molar-refractivity contribution in [1.29, 1.82) is 0 Å². The van der Waals surface area contributed by atoms with Gasteiger partial charge in [0.05, 0.1) is 0 Å². The van der Waals surface area contributed by atoms with Crippen LogP contribution in [0.2, 0.25) is 0 Å². The Morgan fingerprint density at radius 1 is 1.15 bits per heavy atom. The highest BCUT2D eigenvalue weighted by molar-refractivity contribution is 5.95. The van der Waals surface area contributed by atoms with Crippen molar-refractivity contribution in [3.05, 3.63) is 65.5 Å². The number of nitrogens with one attached hydrogen (secondary N) is 1. The lowest BCUT2D eigenvalue weighted by Gasteiger charge is -2.33. The second-order valence-corrected chi connectivity index (χ2v) is 7.97. The molecule has 1 aliphatic heterocycles. The molecule has 4 rings (SSSR count). The molecule has 0 bridgehead atoms. The van der Waals surface area contributed by atoms with Crippen LogP contribution in [0.15, 0.2) is 48.5 Å². The van der Waals surface area contributed by atoms with Crippen LogP contribution in [0, 0.1) is 11.7 Å². The van der Waals surface area contributed by atoms with E-state index in [-0.39, 0.29) is 23.6 Å². The molecule has 3 nitrogen and oxygen atoms in total. The number of likely N-dealkylation sites (tertiary alicyclic amines) is 1. The lowest BCUT2D eigenvalue weighted by Crippen LogP contribution is -2.36. The van der Waals surface area contributed by atoms with Gasteiger partial charge in [-0.15, -0.1) is 0 Å². The summed E-state index contributed by atoms with van der Waals surface area (Å²) < 4.78 is 13.9. The number of halogens is 1. The number of amides is 1. The number of anilines is 1. The molecule has 1 amide bonds. The van der Waals surface area contributed by atoms with Crippen molar-refractivity contribution in [2.24, 2.45) is 5.92 Å². The first-order valence-electron chi connectivity index (χ1n) is 10.00. The van der Waals surface area contributed by atoms with Gasteiger partial charge in [0.1, 0.15) is 5.82 Å². The highest BCUT2D eigenvalue weighted by Crippen LogP contribution is 2.48. The number of hydrogen-bond donors (Lipinski definition) is 1. The number of benzene rings is 2. The van der Waals surface area contributed by atoms with Gasteiger partial charge in [0, 0.05) is 24.2 Å². The number of hydrogen-bond acceptors (Lipinski definition) is 2. The van der Waals surface area contributed by atoms with Gasteiger partial charge in [-0.1, -0.05) is 36.8 Å². The summed E-state index contributed by atoms with van der Waals surface area (Å²) >= 11 is 0. The molecular formula is C23H27FN2O. The second kappa shape index (κ2) is 7.81. The highest BCUT2D eigenvalue weighted by atomic mass is 19.1. The van der Waals surface area contributed by atoms with E-state index in [0.29, 0.717) is 11.6 Å². The number of rotatable bonds is 5. The average Bonchev–Trinajstić information content (AvgIpc) is 3.46. The molecule has 1 saturated heterocycles. The first-order valence-corrected chi connectivity index (χ1v) is 10.00. The summed E-state index contributed by atoms with van der Waals surface area (Å²) in [5, 5.41) is 2.99. The number of carbonyl (C=O) groups excluding carboxylic acids is 1. The van der Waals surface area contributed by atoms with Crippen molar-refractivity contribution in [3.63, 3.8) is 0 Å². The van der Waals surface area contributed by atoms with E-state index < -0.39 is 0 Å². The van der Waals surface area contributed by atoms with Gasteiger partial charge in [-0.2, -0.15) is 0 Å². The van der Waals surface area contributed by atoms with Gasteiger partial charge < -0.3 is 5.32 Å². The van der Waals surface area contributed by atoms with E-state index in [2.05, 4.69) is 29.3 Å². The lowest BCUT2D eigenvalue weighted by atomic mass is 10.0. The molecule has 2 fully saturated rings. The van der Waals surface area contributed by atoms with E-state index in [0.717, 1.165) is 18.7 Å². The van der Waals surface area contributed by atoms with Crippen LogP contribution < -0.4 is 5.32 Å². The van der Waals surface area contributed by atoms with Crippen LogP contribution >= 0.6 is 0 Å². The number of nitrogens with zero attached hydrogens (tertiary/aromatic N) is 1. The molecule has 1 aliphatic carbocycles. The van der Waals surface area contributed by atoms with E-state index in [1.54, 1.807) is 12.1 Å². The fourth-order valence-corrected chi connectivity index (χ4v) is 4.16. The topological polar surface area (TPSA) is 32.3 Å². The maximum absolute atomic E-state index is 13.9. The molecule has 142 valence electrons. The molecule has 3 atom stereocenters. The first-order chi connectivity index (χ1) is 13.1. The third-order valence-electron chi connectivity index (χ3n) is 5.98. The quantitative estimate of drug-likeness (QED) is 0.813. The molecular weight excluding hydrogens is 339 g/mol.